The Morgan fingerprint density at radius 2 is 2.00 bits per heavy atom. The van der Waals surface area contributed by atoms with Gasteiger partial charge in [-0.1, -0.05) is 17.7 Å². The van der Waals surface area contributed by atoms with Crippen LogP contribution < -0.4 is 15.4 Å². The van der Waals surface area contributed by atoms with Crippen LogP contribution in [0.4, 0.5) is 17.3 Å². The van der Waals surface area contributed by atoms with Gasteiger partial charge in [0.25, 0.3) is 0 Å². The summed E-state index contributed by atoms with van der Waals surface area (Å²) in [5, 5.41) is 7.02. The van der Waals surface area contributed by atoms with Gasteiger partial charge in [-0.2, -0.15) is 0 Å². The molecule has 0 atom stereocenters. The lowest BCUT2D eigenvalue weighted by Crippen LogP contribution is -2.05. The molecule has 106 valence electrons. The summed E-state index contributed by atoms with van der Waals surface area (Å²) in [5.74, 6) is 1.83. The Balaban J connectivity index is 2.32. The zero-order valence-electron chi connectivity index (χ0n) is 11.7. The Kier molecular flexibility index (Phi) is 4.63. The number of aryl methyl sites for hydroxylation is 1. The minimum Gasteiger partial charge on any atom is -0.490 e. The van der Waals surface area contributed by atoms with Crippen LogP contribution in [0, 0.1) is 6.92 Å². The second-order valence-electron chi connectivity index (χ2n) is 4.22. The maximum atomic E-state index is 6.12. The molecule has 0 aliphatic heterocycles. The molecule has 2 N–H and O–H groups in total. The van der Waals surface area contributed by atoms with E-state index >= 15 is 0 Å². The number of nitrogens with zero attached hydrogens (tertiary/aromatic N) is 2. The van der Waals surface area contributed by atoms with Crippen LogP contribution in [0.5, 0.6) is 5.75 Å². The maximum absolute atomic E-state index is 6.12. The first-order valence-corrected chi connectivity index (χ1v) is 6.69. The number of benzene rings is 1. The molecule has 0 unspecified atom stereocenters. The molecule has 2 aromatic rings. The van der Waals surface area contributed by atoms with E-state index in [4.69, 9.17) is 16.3 Å². The summed E-state index contributed by atoms with van der Waals surface area (Å²) < 4.78 is 5.37. The number of nitrogens with one attached hydrogen (secondary N) is 2. The average Bonchev–Trinajstić information content (AvgIpc) is 2.44. The van der Waals surface area contributed by atoms with Crippen LogP contribution in [0.1, 0.15) is 12.5 Å². The van der Waals surface area contributed by atoms with Gasteiger partial charge in [0.1, 0.15) is 6.33 Å². The minimum absolute atomic E-state index is 0.575. The fourth-order valence-corrected chi connectivity index (χ4v) is 1.94. The molecule has 1 heterocycles. The highest BCUT2D eigenvalue weighted by Gasteiger charge is 2.12. The minimum atomic E-state index is 0.575. The molecular formula is C14H17ClN4O. The summed E-state index contributed by atoms with van der Waals surface area (Å²) in [4.78, 5) is 8.37. The van der Waals surface area contributed by atoms with E-state index < -0.39 is 0 Å². The topological polar surface area (TPSA) is 59.1 Å². The van der Waals surface area contributed by atoms with Crippen LogP contribution in [0.2, 0.25) is 5.02 Å². The molecule has 0 saturated carbocycles. The molecule has 0 fully saturated rings. The highest BCUT2D eigenvalue weighted by molar-refractivity contribution is 6.31. The highest BCUT2D eigenvalue weighted by Crippen LogP contribution is 2.32. The third-order valence-electron chi connectivity index (χ3n) is 2.79. The molecule has 0 spiro atoms. The molecule has 5 nitrogen and oxygen atoms in total. The smallest absolute Gasteiger partial charge is 0.204 e. The first-order valence-electron chi connectivity index (χ1n) is 6.31. The number of rotatable bonds is 5. The first-order chi connectivity index (χ1) is 9.65. The van der Waals surface area contributed by atoms with Crippen molar-refractivity contribution in [3.8, 4) is 5.75 Å². The summed E-state index contributed by atoms with van der Waals surface area (Å²) >= 11 is 6.12. The van der Waals surface area contributed by atoms with Gasteiger partial charge in [-0.3, -0.25) is 0 Å². The van der Waals surface area contributed by atoms with E-state index in [1.165, 1.54) is 6.33 Å². The van der Waals surface area contributed by atoms with E-state index in [1.54, 1.807) is 7.11 Å². The van der Waals surface area contributed by atoms with E-state index in [0.29, 0.717) is 22.4 Å². The van der Waals surface area contributed by atoms with Crippen molar-refractivity contribution >= 4 is 28.9 Å². The molecular weight excluding hydrogens is 276 g/mol. The molecule has 2 rings (SSSR count). The van der Waals surface area contributed by atoms with Gasteiger partial charge in [-0.05, 0) is 31.5 Å². The summed E-state index contributed by atoms with van der Waals surface area (Å²) in [6.07, 6.45) is 1.48. The monoisotopic (exact) mass is 292 g/mol. The number of hydrogen-bond acceptors (Lipinski definition) is 5. The van der Waals surface area contributed by atoms with Crippen molar-refractivity contribution in [2.45, 2.75) is 13.8 Å². The van der Waals surface area contributed by atoms with Crippen molar-refractivity contribution in [1.82, 2.24) is 9.97 Å². The second kappa shape index (κ2) is 6.43. The van der Waals surface area contributed by atoms with Gasteiger partial charge in [0.15, 0.2) is 11.6 Å². The Morgan fingerprint density at radius 3 is 2.65 bits per heavy atom. The molecule has 20 heavy (non-hydrogen) atoms. The largest absolute Gasteiger partial charge is 0.490 e. The van der Waals surface area contributed by atoms with Crippen molar-refractivity contribution in [3.63, 3.8) is 0 Å². The molecule has 6 heteroatoms. The van der Waals surface area contributed by atoms with Crippen molar-refractivity contribution in [2.75, 3.05) is 24.3 Å². The molecule has 1 aromatic heterocycles. The van der Waals surface area contributed by atoms with Gasteiger partial charge in [-0.25, -0.2) is 9.97 Å². The molecule has 0 aliphatic rings. The maximum Gasteiger partial charge on any atom is 0.204 e. The molecule has 0 bridgehead atoms. The summed E-state index contributed by atoms with van der Waals surface area (Å²) in [6, 6.07) is 5.74. The van der Waals surface area contributed by atoms with E-state index in [1.807, 2.05) is 32.0 Å². The number of aromatic nitrogens is 2. The number of halogens is 1. The van der Waals surface area contributed by atoms with E-state index in [0.717, 1.165) is 17.8 Å². The number of ether oxygens (including phenoxy) is 1. The normalized spacial score (nSPS) is 10.2. The fourth-order valence-electron chi connectivity index (χ4n) is 1.76. The van der Waals surface area contributed by atoms with Crippen LogP contribution in [0.3, 0.4) is 0 Å². The van der Waals surface area contributed by atoms with Gasteiger partial charge in [0, 0.05) is 17.3 Å². The summed E-state index contributed by atoms with van der Waals surface area (Å²) in [5.41, 5.74) is 1.88. The van der Waals surface area contributed by atoms with Gasteiger partial charge in [0.05, 0.1) is 7.11 Å². The molecule has 0 amide bonds. The quantitative estimate of drug-likeness (QED) is 0.881. The first kappa shape index (κ1) is 14.4. The van der Waals surface area contributed by atoms with Crippen LogP contribution in [-0.4, -0.2) is 23.6 Å². The molecule has 0 saturated heterocycles. The number of hydrogen-bond donors (Lipinski definition) is 2. The van der Waals surface area contributed by atoms with Crippen LogP contribution in [0.15, 0.2) is 24.5 Å². The fraction of sp³-hybridized carbons (Fsp3) is 0.286. The van der Waals surface area contributed by atoms with Crippen LogP contribution >= 0.6 is 11.6 Å². The second-order valence-corrected chi connectivity index (χ2v) is 4.63. The Hall–Kier alpha value is -2.01. The highest BCUT2D eigenvalue weighted by atomic mass is 35.5. The predicted octanol–water partition coefficient (Wildman–Crippen LogP) is 3.62. The Bertz CT molecular complexity index is 604. The zero-order chi connectivity index (χ0) is 14.5. The number of anilines is 3. The van der Waals surface area contributed by atoms with Crippen molar-refractivity contribution in [3.05, 3.63) is 35.1 Å². The number of methoxy groups -OCH3 is 1. The van der Waals surface area contributed by atoms with Crippen LogP contribution in [0.25, 0.3) is 0 Å². The lowest BCUT2D eigenvalue weighted by Gasteiger charge is -2.14. The summed E-state index contributed by atoms with van der Waals surface area (Å²) in [7, 11) is 1.59. The van der Waals surface area contributed by atoms with Gasteiger partial charge in [-0.15, -0.1) is 0 Å². The SMILES string of the molecule is CCNc1ncnc(Nc2ccc(C)c(Cl)c2)c1OC. The van der Waals surface area contributed by atoms with Crippen molar-refractivity contribution < 1.29 is 4.74 Å². The van der Waals surface area contributed by atoms with Crippen molar-refractivity contribution in [2.24, 2.45) is 0 Å². The lowest BCUT2D eigenvalue weighted by atomic mass is 10.2. The Labute approximate surface area is 123 Å². The Morgan fingerprint density at radius 1 is 1.25 bits per heavy atom. The van der Waals surface area contributed by atoms with Gasteiger partial charge in [0.2, 0.25) is 5.75 Å². The molecule has 0 aliphatic carbocycles. The van der Waals surface area contributed by atoms with E-state index in [2.05, 4.69) is 20.6 Å². The molecule has 0 radical (unpaired) electrons. The lowest BCUT2D eigenvalue weighted by molar-refractivity contribution is 0.415. The van der Waals surface area contributed by atoms with Gasteiger partial charge < -0.3 is 15.4 Å². The van der Waals surface area contributed by atoms with Crippen molar-refractivity contribution in [1.29, 1.82) is 0 Å². The predicted molar refractivity (Wildman–Crippen MR) is 82.2 cm³/mol. The third kappa shape index (κ3) is 3.11. The average molecular weight is 293 g/mol. The third-order valence-corrected chi connectivity index (χ3v) is 3.19. The molecule has 1 aromatic carbocycles. The standard InChI is InChI=1S/C14H17ClN4O/c1-4-16-13-12(20-3)14(18-8-17-13)19-10-6-5-9(2)11(15)7-10/h5-8H,4H2,1-3H3,(H2,16,17,18,19). The zero-order valence-corrected chi connectivity index (χ0v) is 12.5. The van der Waals surface area contributed by atoms with Crippen LogP contribution in [-0.2, 0) is 0 Å². The van der Waals surface area contributed by atoms with Gasteiger partial charge >= 0.3 is 0 Å². The van der Waals surface area contributed by atoms with E-state index in [-0.39, 0.29) is 0 Å². The van der Waals surface area contributed by atoms with E-state index in [9.17, 15) is 0 Å². The summed E-state index contributed by atoms with van der Waals surface area (Å²) in [6.45, 7) is 4.71.